The van der Waals surface area contributed by atoms with Gasteiger partial charge >= 0.3 is 0 Å². The molecule has 4 rings (SSSR count). The summed E-state index contributed by atoms with van der Waals surface area (Å²) in [5.41, 5.74) is 1.79. The van der Waals surface area contributed by atoms with Gasteiger partial charge in [0.05, 0.1) is 17.8 Å². The monoisotopic (exact) mass is 436 g/mol. The highest BCUT2D eigenvalue weighted by molar-refractivity contribution is 5.90. The fourth-order valence-electron chi connectivity index (χ4n) is 4.26. The Labute approximate surface area is 186 Å². The molecule has 2 unspecified atom stereocenters. The van der Waals surface area contributed by atoms with Gasteiger partial charge in [-0.3, -0.25) is 14.6 Å². The number of carbonyl (C=O) groups is 2. The second-order valence-corrected chi connectivity index (χ2v) is 9.28. The second-order valence-electron chi connectivity index (χ2n) is 9.28. The van der Waals surface area contributed by atoms with E-state index in [1.165, 1.54) is 11.9 Å². The average molecular weight is 437 g/mol. The van der Waals surface area contributed by atoms with E-state index in [0.29, 0.717) is 5.69 Å². The Hall–Kier alpha value is -3.33. The predicted octanol–water partition coefficient (Wildman–Crippen LogP) is 1.79. The van der Waals surface area contributed by atoms with E-state index in [-0.39, 0.29) is 24.8 Å². The number of carbonyl (C=O) groups excluding carboxylic acids is 2. The van der Waals surface area contributed by atoms with Crippen molar-refractivity contribution in [3.8, 4) is 11.3 Å². The molecule has 1 aromatic carbocycles. The van der Waals surface area contributed by atoms with Crippen LogP contribution in [0.5, 0.6) is 0 Å². The van der Waals surface area contributed by atoms with Crippen molar-refractivity contribution in [1.82, 2.24) is 30.2 Å². The molecule has 2 N–H and O–H groups in total. The Kier molecular flexibility index (Phi) is 5.68. The molecule has 3 atom stereocenters. The maximum Gasteiger partial charge on any atom is 0.248 e. The van der Waals surface area contributed by atoms with E-state index in [2.05, 4.69) is 20.6 Å². The van der Waals surface area contributed by atoms with Crippen LogP contribution < -0.4 is 5.32 Å². The molecule has 0 bridgehead atoms. The van der Waals surface area contributed by atoms with Crippen LogP contribution in [0.1, 0.15) is 33.2 Å². The third-order valence-electron chi connectivity index (χ3n) is 5.83. The summed E-state index contributed by atoms with van der Waals surface area (Å²) in [6.07, 6.45) is 2.95. The van der Waals surface area contributed by atoms with Gasteiger partial charge in [-0.15, -0.1) is 5.10 Å². The number of fused-ring (bicyclic) bond motifs is 1. The zero-order chi connectivity index (χ0) is 23.0. The molecule has 3 heterocycles. The van der Waals surface area contributed by atoms with Gasteiger partial charge in [-0.2, -0.15) is 0 Å². The minimum absolute atomic E-state index is 0.111. The number of hydrogen-bond acceptors (Lipinski definition) is 6. The number of hydrogen-bond donors (Lipinski definition) is 2. The lowest BCUT2D eigenvalue weighted by Gasteiger charge is -2.34. The van der Waals surface area contributed by atoms with E-state index in [0.717, 1.165) is 16.5 Å². The number of amides is 2. The summed E-state index contributed by atoms with van der Waals surface area (Å²) >= 11 is 0. The van der Waals surface area contributed by atoms with E-state index >= 15 is 0 Å². The first kappa shape index (κ1) is 21.9. The van der Waals surface area contributed by atoms with Gasteiger partial charge < -0.3 is 15.3 Å². The average Bonchev–Trinajstić information content (AvgIpc) is 3.39. The first-order chi connectivity index (χ1) is 15.2. The molecule has 2 amide bonds. The molecular formula is C23H28N6O3. The minimum Gasteiger partial charge on any atom is -0.391 e. The number of rotatable bonds is 4. The number of para-hydroxylation sites is 1. The van der Waals surface area contributed by atoms with Gasteiger partial charge in [-0.25, -0.2) is 4.68 Å². The summed E-state index contributed by atoms with van der Waals surface area (Å²) in [4.78, 5) is 31.9. The van der Waals surface area contributed by atoms with Gasteiger partial charge in [0.2, 0.25) is 11.8 Å². The van der Waals surface area contributed by atoms with Gasteiger partial charge in [-0.1, -0.05) is 44.2 Å². The van der Waals surface area contributed by atoms with Crippen LogP contribution in [-0.4, -0.2) is 67.5 Å². The van der Waals surface area contributed by atoms with Crippen molar-refractivity contribution < 1.29 is 14.7 Å². The molecule has 0 aliphatic carbocycles. The van der Waals surface area contributed by atoms with E-state index < -0.39 is 23.6 Å². The highest BCUT2D eigenvalue weighted by Gasteiger charge is 2.45. The van der Waals surface area contributed by atoms with Crippen molar-refractivity contribution in [1.29, 1.82) is 0 Å². The molecule has 1 aliphatic heterocycles. The van der Waals surface area contributed by atoms with Crippen molar-refractivity contribution in [3.63, 3.8) is 0 Å². The van der Waals surface area contributed by atoms with Crippen LogP contribution in [0, 0.1) is 5.41 Å². The maximum absolute atomic E-state index is 13.6. The molecule has 32 heavy (non-hydrogen) atoms. The molecule has 9 nitrogen and oxygen atoms in total. The summed E-state index contributed by atoms with van der Waals surface area (Å²) in [6, 6.07) is 8.39. The summed E-state index contributed by atoms with van der Waals surface area (Å²) < 4.78 is 1.55. The van der Waals surface area contributed by atoms with Crippen molar-refractivity contribution in [2.45, 2.75) is 45.4 Å². The molecule has 1 saturated heterocycles. The topological polar surface area (TPSA) is 113 Å². The standard InChI is InChI=1S/C23H28N6O3/c1-23(2,3)20(22(32)28-12-16(30)10-19(28)21(31)24-4)29-13-18(26-27-29)15-9-14-7-5-6-8-17(14)25-11-15/h5-9,11,13,16,19-20,30H,10,12H2,1-4H3,(H,24,31)/t16?,19?,20-/m1/s1. The number of pyridine rings is 1. The minimum atomic E-state index is -0.739. The molecule has 168 valence electrons. The third-order valence-corrected chi connectivity index (χ3v) is 5.83. The lowest BCUT2D eigenvalue weighted by Crippen LogP contribution is -2.49. The first-order valence-corrected chi connectivity index (χ1v) is 10.7. The molecule has 1 aliphatic rings. The Bertz CT molecular complexity index is 1150. The first-order valence-electron chi connectivity index (χ1n) is 10.7. The van der Waals surface area contributed by atoms with Crippen LogP contribution in [0.25, 0.3) is 22.2 Å². The summed E-state index contributed by atoms with van der Waals surface area (Å²) in [6.45, 7) is 5.93. The van der Waals surface area contributed by atoms with E-state index in [1.807, 2.05) is 51.1 Å². The maximum atomic E-state index is 13.6. The Morgan fingerprint density at radius 3 is 2.72 bits per heavy atom. The van der Waals surface area contributed by atoms with Gasteiger partial charge in [0.15, 0.2) is 0 Å². The van der Waals surface area contributed by atoms with Crippen LogP contribution in [-0.2, 0) is 9.59 Å². The molecule has 1 fully saturated rings. The van der Waals surface area contributed by atoms with Crippen molar-refractivity contribution in [2.24, 2.45) is 5.41 Å². The quantitative estimate of drug-likeness (QED) is 0.645. The molecule has 0 spiro atoms. The summed E-state index contributed by atoms with van der Waals surface area (Å²) in [7, 11) is 1.53. The number of likely N-dealkylation sites (tertiary alicyclic amines) is 1. The molecule has 2 aromatic heterocycles. The number of likely N-dealkylation sites (N-methyl/N-ethyl adjacent to an activating group) is 1. The van der Waals surface area contributed by atoms with Crippen LogP contribution in [0.2, 0.25) is 0 Å². The van der Waals surface area contributed by atoms with E-state index in [4.69, 9.17) is 0 Å². The Balaban J connectivity index is 1.68. The lowest BCUT2D eigenvalue weighted by atomic mass is 9.85. The van der Waals surface area contributed by atoms with Crippen molar-refractivity contribution >= 4 is 22.7 Å². The Morgan fingerprint density at radius 2 is 2.00 bits per heavy atom. The smallest absolute Gasteiger partial charge is 0.248 e. The van der Waals surface area contributed by atoms with Crippen molar-refractivity contribution in [2.75, 3.05) is 13.6 Å². The number of aromatic nitrogens is 4. The molecule has 0 radical (unpaired) electrons. The van der Waals surface area contributed by atoms with Gasteiger partial charge in [0.25, 0.3) is 0 Å². The molecule has 9 heteroatoms. The fraction of sp³-hybridized carbons (Fsp3) is 0.435. The predicted molar refractivity (Wildman–Crippen MR) is 119 cm³/mol. The normalized spacial score (nSPS) is 19.8. The van der Waals surface area contributed by atoms with E-state index in [9.17, 15) is 14.7 Å². The number of β-amino-alcohol motifs (C(OH)–C–C–N with tert-alkyl or cyclic N) is 1. The number of benzene rings is 1. The van der Waals surface area contributed by atoms with Crippen LogP contribution in [0.4, 0.5) is 0 Å². The SMILES string of the molecule is CNC(=O)C1CC(O)CN1C(=O)[C@@H](n1cc(-c2cnc3ccccc3c2)nn1)C(C)(C)C. The number of nitrogens with zero attached hydrogens (tertiary/aromatic N) is 5. The van der Waals surface area contributed by atoms with Gasteiger partial charge in [0, 0.05) is 37.2 Å². The van der Waals surface area contributed by atoms with Crippen LogP contribution >= 0.6 is 0 Å². The van der Waals surface area contributed by atoms with Crippen LogP contribution in [0.3, 0.4) is 0 Å². The zero-order valence-corrected chi connectivity index (χ0v) is 18.7. The molecular weight excluding hydrogens is 408 g/mol. The second kappa shape index (κ2) is 8.31. The lowest BCUT2D eigenvalue weighted by molar-refractivity contribution is -0.144. The molecule has 3 aromatic rings. The number of aliphatic hydroxyl groups excluding tert-OH is 1. The van der Waals surface area contributed by atoms with E-state index in [1.54, 1.807) is 17.1 Å². The molecule has 0 saturated carbocycles. The zero-order valence-electron chi connectivity index (χ0n) is 18.7. The van der Waals surface area contributed by atoms with Gasteiger partial charge in [-0.05, 0) is 17.5 Å². The van der Waals surface area contributed by atoms with Gasteiger partial charge in [0.1, 0.15) is 17.8 Å². The number of aliphatic hydroxyl groups is 1. The largest absolute Gasteiger partial charge is 0.391 e. The van der Waals surface area contributed by atoms with Crippen molar-refractivity contribution in [3.05, 3.63) is 42.7 Å². The van der Waals surface area contributed by atoms with Crippen LogP contribution in [0.15, 0.2) is 42.7 Å². The third kappa shape index (κ3) is 4.08. The Morgan fingerprint density at radius 1 is 1.25 bits per heavy atom. The summed E-state index contributed by atoms with van der Waals surface area (Å²) in [5.74, 6) is -0.556. The highest BCUT2D eigenvalue weighted by Crippen LogP contribution is 2.35. The summed E-state index contributed by atoms with van der Waals surface area (Å²) in [5, 5.41) is 22.3. The fourth-order valence-corrected chi connectivity index (χ4v) is 4.26. The number of nitrogens with one attached hydrogen (secondary N) is 1. The highest BCUT2D eigenvalue weighted by atomic mass is 16.3.